The van der Waals surface area contributed by atoms with Crippen LogP contribution in [0.25, 0.3) is 42.6 Å². The first-order valence-corrected chi connectivity index (χ1v) is 28.1. The van der Waals surface area contributed by atoms with Crippen LogP contribution in [-0.4, -0.2) is 30.7 Å². The first-order chi connectivity index (χ1) is 33.6. The summed E-state index contributed by atoms with van der Waals surface area (Å²) in [7, 11) is -4.01. The molecule has 0 amide bonds. The third-order valence-electron chi connectivity index (χ3n) is 14.4. The van der Waals surface area contributed by atoms with Gasteiger partial charge in [-0.1, -0.05) is 158 Å². The van der Waals surface area contributed by atoms with Crippen molar-refractivity contribution in [1.82, 2.24) is 14.5 Å². The summed E-state index contributed by atoms with van der Waals surface area (Å²) in [6, 6.07) is 93.7. The van der Waals surface area contributed by atoms with Gasteiger partial charge in [0, 0.05) is 39.3 Å². The maximum Gasteiger partial charge on any atom is 2.00 e. The first kappa shape index (κ1) is 43.2. The molecule has 3 aromatic heterocycles. The predicted octanol–water partition coefficient (Wildman–Crippen LogP) is 8.85. The average Bonchev–Trinajstić information content (AvgIpc) is 3.95. The number of imidazole rings is 1. The van der Waals surface area contributed by atoms with E-state index in [0.717, 1.165) is 38.9 Å². The van der Waals surface area contributed by atoms with Crippen LogP contribution in [0.5, 0.6) is 0 Å². The fourth-order valence-electron chi connectivity index (χ4n) is 11.5. The van der Waals surface area contributed by atoms with E-state index in [1.165, 1.54) is 62.0 Å². The molecule has 330 valence electrons. The number of hydrogen-bond donors (Lipinski definition) is 0. The summed E-state index contributed by atoms with van der Waals surface area (Å²) in [5.74, 6) is 0.707. The predicted molar refractivity (Wildman–Crippen MR) is 289 cm³/mol. The standard InChI is InChI=1S/C62H43N3SSi2.Pd/c1-65-55-35-16-15-34-54(55)64-62(65)44-22-19-32-50(40-44)67(45-23-6-2-7-24-45,46-25-8-3-9-26-46)49-31-18-21-43(39-49)60-53-41-52-51-33-14-17-36-56(51)66-57(52)42-59(53)68(47-27-10-4-11-28-47,48-29-12-5-13-30-48)58-37-20-38-63-61(58)60;/h2-38,41-42,60H,1H3;/q-2;+2. The number of nitrogens with zero attached hydrogens (tertiary/aromatic N) is 3. The number of thiophene rings is 1. The molecule has 9 aromatic carbocycles. The average molecular weight is 1020 g/mol. The molecular weight excluding hydrogens is 981 g/mol. The summed E-state index contributed by atoms with van der Waals surface area (Å²) in [5.41, 5.74) is 6.56. The second kappa shape index (κ2) is 17.5. The van der Waals surface area contributed by atoms with E-state index in [9.17, 15) is 0 Å². The molecule has 0 spiro atoms. The van der Waals surface area contributed by atoms with E-state index in [-0.39, 0.29) is 26.3 Å². The van der Waals surface area contributed by atoms with Gasteiger partial charge in [-0.3, -0.25) is 9.97 Å². The van der Waals surface area contributed by atoms with Crippen LogP contribution in [0.2, 0.25) is 0 Å². The quantitative estimate of drug-likeness (QED) is 0.0867. The molecule has 0 bridgehead atoms. The monoisotopic (exact) mass is 1020 g/mol. The van der Waals surface area contributed by atoms with Gasteiger partial charge in [0.05, 0.1) is 22.6 Å². The van der Waals surface area contributed by atoms with Gasteiger partial charge >= 0.3 is 20.4 Å². The minimum absolute atomic E-state index is 0. The molecule has 12 aromatic rings. The van der Waals surface area contributed by atoms with Gasteiger partial charge in [-0.15, -0.1) is 51.9 Å². The maximum absolute atomic E-state index is 5.50. The van der Waals surface area contributed by atoms with Crippen LogP contribution >= 0.6 is 11.3 Å². The molecule has 0 saturated carbocycles. The second-order valence-electron chi connectivity index (χ2n) is 17.8. The molecule has 0 fully saturated rings. The van der Waals surface area contributed by atoms with Crippen LogP contribution in [0.15, 0.2) is 237 Å². The molecule has 1 atom stereocenters. The molecule has 0 saturated heterocycles. The Morgan fingerprint density at radius 3 is 1.84 bits per heavy atom. The van der Waals surface area contributed by atoms with E-state index in [1.807, 2.05) is 17.5 Å². The summed E-state index contributed by atoms with van der Waals surface area (Å²) >= 11 is 1.90. The Balaban J connectivity index is 0.00000492. The van der Waals surface area contributed by atoms with Crippen LogP contribution in [0.4, 0.5) is 0 Å². The summed E-state index contributed by atoms with van der Waals surface area (Å²) in [6.07, 6.45) is 2.00. The molecule has 69 heavy (non-hydrogen) atoms. The Labute approximate surface area is 422 Å². The molecule has 3 nitrogen and oxygen atoms in total. The molecule has 1 aliphatic heterocycles. The maximum atomic E-state index is 5.50. The molecule has 0 radical (unpaired) electrons. The zero-order chi connectivity index (χ0) is 45.2. The Kier molecular flexibility index (Phi) is 10.9. The van der Waals surface area contributed by atoms with Gasteiger partial charge in [-0.2, -0.15) is 29.5 Å². The number of fused-ring (bicyclic) bond motifs is 6. The van der Waals surface area contributed by atoms with Crippen molar-refractivity contribution < 1.29 is 20.4 Å². The third kappa shape index (κ3) is 6.68. The molecule has 13 rings (SSSR count). The normalized spacial score (nSPS) is 14.0. The fourth-order valence-corrected chi connectivity index (χ4v) is 22.5. The van der Waals surface area contributed by atoms with Gasteiger partial charge in [-0.25, -0.2) is 0 Å². The van der Waals surface area contributed by atoms with E-state index in [0.29, 0.717) is 0 Å². The van der Waals surface area contributed by atoms with Gasteiger partial charge in [0.2, 0.25) is 0 Å². The van der Waals surface area contributed by atoms with E-state index in [2.05, 4.69) is 254 Å². The number of aromatic nitrogens is 3. The van der Waals surface area contributed by atoms with E-state index in [4.69, 9.17) is 9.97 Å². The third-order valence-corrected chi connectivity index (χ3v) is 25.0. The van der Waals surface area contributed by atoms with Crippen molar-refractivity contribution in [1.29, 1.82) is 0 Å². The summed E-state index contributed by atoms with van der Waals surface area (Å²) < 4.78 is 4.81. The van der Waals surface area contributed by atoms with Gasteiger partial charge < -0.3 is 4.57 Å². The smallest absolute Gasteiger partial charge is 0.367 e. The van der Waals surface area contributed by atoms with Gasteiger partial charge in [0.15, 0.2) is 8.07 Å². The minimum Gasteiger partial charge on any atom is -0.367 e. The number of pyridine rings is 1. The first-order valence-electron chi connectivity index (χ1n) is 23.2. The van der Waals surface area contributed by atoms with Crippen molar-refractivity contribution in [2.75, 3.05) is 0 Å². The van der Waals surface area contributed by atoms with Crippen LogP contribution in [-0.2, 0) is 27.5 Å². The SMILES string of the molecule is Cn1c(-c2[c-]c([Si](c3[c-]c(C4c5cc6c(cc5[Si](c5ccccc5)(c5ccccc5)c5cccnc54)sc4ccccc46)ccc3)(c3ccccc3)c3ccccc3)ccc2)nc2ccccc21.[Pd+2]. The topological polar surface area (TPSA) is 30.7 Å². The molecule has 1 aliphatic rings. The summed E-state index contributed by atoms with van der Waals surface area (Å²) in [5, 5.41) is 12.9. The zero-order valence-electron chi connectivity index (χ0n) is 37.7. The van der Waals surface area contributed by atoms with Crippen molar-refractivity contribution in [3.63, 3.8) is 0 Å². The van der Waals surface area contributed by atoms with E-state index < -0.39 is 16.1 Å². The molecular formula is C62H43N3PdSSi2. The Hall–Kier alpha value is -7.08. The number of aryl methyl sites for hydroxylation is 1. The summed E-state index contributed by atoms with van der Waals surface area (Å²) in [6.45, 7) is 0. The van der Waals surface area contributed by atoms with E-state index >= 15 is 0 Å². The van der Waals surface area contributed by atoms with Crippen molar-refractivity contribution in [3.8, 4) is 11.4 Å². The molecule has 7 heteroatoms. The number of hydrogen-bond acceptors (Lipinski definition) is 3. The van der Waals surface area contributed by atoms with Gasteiger partial charge in [0.1, 0.15) is 8.07 Å². The molecule has 0 aliphatic carbocycles. The van der Waals surface area contributed by atoms with Crippen LogP contribution in [0.1, 0.15) is 22.7 Å². The van der Waals surface area contributed by atoms with E-state index in [1.54, 1.807) is 0 Å². The largest absolute Gasteiger partial charge is 2.00 e. The van der Waals surface area contributed by atoms with Crippen molar-refractivity contribution >= 4 is 100 Å². The number of para-hydroxylation sites is 2. The molecule has 1 unspecified atom stereocenters. The zero-order valence-corrected chi connectivity index (χ0v) is 42.0. The van der Waals surface area contributed by atoms with Crippen molar-refractivity contribution in [2.24, 2.45) is 7.05 Å². The summed E-state index contributed by atoms with van der Waals surface area (Å²) in [4.78, 5) is 10.7. The molecule has 4 heterocycles. The van der Waals surface area contributed by atoms with Crippen molar-refractivity contribution in [2.45, 2.75) is 5.92 Å². The van der Waals surface area contributed by atoms with Crippen LogP contribution < -0.4 is 41.5 Å². The minimum atomic E-state index is -3.16. The number of rotatable bonds is 8. The Bertz CT molecular complexity index is 3760. The van der Waals surface area contributed by atoms with Gasteiger partial charge in [-0.05, 0) is 73.1 Å². The van der Waals surface area contributed by atoms with Crippen LogP contribution in [0, 0.1) is 12.1 Å². The second-order valence-corrected chi connectivity index (χ2v) is 26.4. The Morgan fingerprint density at radius 1 is 0.536 bits per heavy atom. The number of benzene rings is 9. The Morgan fingerprint density at radius 2 is 1.14 bits per heavy atom. The van der Waals surface area contributed by atoms with Gasteiger partial charge in [0.25, 0.3) is 0 Å². The molecule has 0 N–H and O–H groups in total. The fraction of sp³-hybridized carbons (Fsp3) is 0.0323. The van der Waals surface area contributed by atoms with Crippen LogP contribution in [0.3, 0.4) is 0 Å². The van der Waals surface area contributed by atoms with Crippen molar-refractivity contribution in [3.05, 3.63) is 266 Å².